The lowest BCUT2D eigenvalue weighted by molar-refractivity contribution is -0.141. The molecule has 3 heterocycles. The van der Waals surface area contributed by atoms with Gasteiger partial charge in [0.25, 0.3) is 0 Å². The number of benzene rings is 1. The topological polar surface area (TPSA) is 51.2 Å². The molecule has 2 aliphatic heterocycles. The Bertz CT molecular complexity index is 922. The molecule has 4 atom stereocenters. The molecular formula is C19H15Cl2F3N2O2. The van der Waals surface area contributed by atoms with E-state index in [1.165, 1.54) is 18.2 Å². The normalized spacial score (nSPS) is 26.5. The summed E-state index contributed by atoms with van der Waals surface area (Å²) in [5.74, 6) is -1.51. The number of alkyl halides is 3. The third kappa shape index (κ3) is 3.58. The average Bonchev–Trinajstić information content (AvgIpc) is 3.25. The second-order valence-corrected chi connectivity index (χ2v) is 7.72. The summed E-state index contributed by atoms with van der Waals surface area (Å²) in [5, 5.41) is 3.42. The number of amides is 1. The van der Waals surface area contributed by atoms with E-state index in [9.17, 15) is 18.0 Å². The molecule has 1 aromatic heterocycles. The van der Waals surface area contributed by atoms with Gasteiger partial charge >= 0.3 is 6.18 Å². The molecule has 2 bridgehead atoms. The molecule has 1 N–H and O–H groups in total. The summed E-state index contributed by atoms with van der Waals surface area (Å²) in [4.78, 5) is 16.7. The molecular weight excluding hydrogens is 416 g/mol. The molecule has 28 heavy (non-hydrogen) atoms. The largest absolute Gasteiger partial charge is 0.433 e. The summed E-state index contributed by atoms with van der Waals surface area (Å²) in [7, 11) is 0. The number of carbonyl (C=O) groups is 1. The number of hydrogen-bond donors (Lipinski definition) is 1. The van der Waals surface area contributed by atoms with Crippen LogP contribution in [0.4, 0.5) is 18.9 Å². The van der Waals surface area contributed by atoms with Crippen LogP contribution >= 0.6 is 23.2 Å². The minimum absolute atomic E-state index is 0.219. The third-order valence-corrected chi connectivity index (χ3v) is 5.90. The predicted molar refractivity (Wildman–Crippen MR) is 98.5 cm³/mol. The highest BCUT2D eigenvalue weighted by Crippen LogP contribution is 2.49. The second kappa shape index (κ2) is 7.21. The molecule has 2 saturated heterocycles. The Hall–Kier alpha value is -1.83. The van der Waals surface area contributed by atoms with Crippen LogP contribution in [0.2, 0.25) is 10.0 Å². The fourth-order valence-corrected chi connectivity index (χ4v) is 4.28. The Morgan fingerprint density at radius 2 is 1.86 bits per heavy atom. The van der Waals surface area contributed by atoms with Gasteiger partial charge in [-0.25, -0.2) is 4.98 Å². The monoisotopic (exact) mass is 430 g/mol. The molecule has 2 fully saturated rings. The van der Waals surface area contributed by atoms with Crippen molar-refractivity contribution in [3.8, 4) is 0 Å². The van der Waals surface area contributed by atoms with Crippen molar-refractivity contribution < 1.29 is 22.7 Å². The highest BCUT2D eigenvalue weighted by atomic mass is 35.5. The van der Waals surface area contributed by atoms with Gasteiger partial charge < -0.3 is 10.1 Å². The van der Waals surface area contributed by atoms with Crippen LogP contribution in [0.1, 0.15) is 30.1 Å². The average molecular weight is 431 g/mol. The first-order valence-corrected chi connectivity index (χ1v) is 9.45. The quantitative estimate of drug-likeness (QED) is 0.717. The van der Waals surface area contributed by atoms with Crippen molar-refractivity contribution in [1.29, 1.82) is 0 Å². The number of nitrogens with one attached hydrogen (secondary N) is 1. The van der Waals surface area contributed by atoms with E-state index in [-0.39, 0.29) is 23.8 Å². The van der Waals surface area contributed by atoms with Gasteiger partial charge in [-0.1, -0.05) is 29.3 Å². The molecule has 2 aliphatic rings. The zero-order chi connectivity index (χ0) is 20.1. The van der Waals surface area contributed by atoms with Crippen molar-refractivity contribution in [1.82, 2.24) is 4.98 Å². The van der Waals surface area contributed by atoms with Crippen LogP contribution in [0, 0.1) is 5.92 Å². The molecule has 0 aliphatic carbocycles. The van der Waals surface area contributed by atoms with Crippen LogP contribution in [0.15, 0.2) is 36.4 Å². The first-order chi connectivity index (χ1) is 13.2. The number of nitrogens with zero attached hydrogens (tertiary/aromatic N) is 1. The van der Waals surface area contributed by atoms with Gasteiger partial charge in [0.05, 0.1) is 28.2 Å². The van der Waals surface area contributed by atoms with E-state index >= 15 is 0 Å². The summed E-state index contributed by atoms with van der Waals surface area (Å²) < 4.78 is 45.0. The summed E-state index contributed by atoms with van der Waals surface area (Å²) >= 11 is 11.9. The molecule has 0 saturated carbocycles. The van der Waals surface area contributed by atoms with Crippen molar-refractivity contribution >= 4 is 34.8 Å². The smallest absolute Gasteiger partial charge is 0.373 e. The molecule has 2 aromatic rings. The molecule has 4 nitrogen and oxygen atoms in total. The Morgan fingerprint density at radius 1 is 1.11 bits per heavy atom. The fraction of sp³-hybridized carbons (Fsp3) is 0.368. The fourth-order valence-electron chi connectivity index (χ4n) is 3.98. The number of ether oxygens (including phenoxy) is 1. The number of carbonyl (C=O) groups excluding carboxylic acids is 1. The maximum Gasteiger partial charge on any atom is 0.433 e. The summed E-state index contributed by atoms with van der Waals surface area (Å²) in [6.07, 6.45) is -3.87. The minimum Gasteiger partial charge on any atom is -0.373 e. The molecule has 1 amide bonds. The van der Waals surface area contributed by atoms with Gasteiger partial charge in [0.1, 0.15) is 5.69 Å². The summed E-state index contributed by atoms with van der Waals surface area (Å²) in [5.41, 5.74) is -0.300. The number of aromatic nitrogens is 1. The van der Waals surface area contributed by atoms with Gasteiger partial charge in [-0.2, -0.15) is 13.2 Å². The molecule has 4 rings (SSSR count). The van der Waals surface area contributed by atoms with Crippen LogP contribution in [0.5, 0.6) is 0 Å². The number of rotatable bonds is 3. The first kappa shape index (κ1) is 19.5. The minimum atomic E-state index is -4.55. The SMILES string of the molecule is O=C(Nc1ccc(Cl)c(Cl)c1)[C@@H]1[C@H](c2cccc(C(F)(F)F)n2)[C@@H]2CC[C@H]1O2. The standard InChI is InChI=1S/C19H15Cl2F3N2O2/c20-10-5-4-9(8-11(10)21)25-18(27)17-14-7-6-13(28-14)16(17)12-2-1-3-15(26-12)19(22,23)24/h1-5,8,13-14,16-17H,6-7H2,(H,25,27)/t13-,14+,16+,17-/m0/s1. The second-order valence-electron chi connectivity index (χ2n) is 6.91. The van der Waals surface area contributed by atoms with Crippen LogP contribution < -0.4 is 5.32 Å². The zero-order valence-corrected chi connectivity index (χ0v) is 15.9. The lowest BCUT2D eigenvalue weighted by Gasteiger charge is -2.27. The van der Waals surface area contributed by atoms with Crippen LogP contribution in [-0.2, 0) is 15.7 Å². The van der Waals surface area contributed by atoms with Gasteiger partial charge in [0.15, 0.2) is 0 Å². The molecule has 9 heteroatoms. The van der Waals surface area contributed by atoms with Crippen molar-refractivity contribution in [2.24, 2.45) is 5.92 Å². The van der Waals surface area contributed by atoms with Crippen LogP contribution in [-0.4, -0.2) is 23.1 Å². The third-order valence-electron chi connectivity index (χ3n) is 5.17. The molecule has 1 aromatic carbocycles. The number of hydrogen-bond acceptors (Lipinski definition) is 3. The van der Waals surface area contributed by atoms with E-state index < -0.39 is 23.7 Å². The van der Waals surface area contributed by atoms with Crippen LogP contribution in [0.3, 0.4) is 0 Å². The Kier molecular flexibility index (Phi) is 5.02. The van der Waals surface area contributed by atoms with Gasteiger partial charge in [-0.05, 0) is 43.2 Å². The van der Waals surface area contributed by atoms with Gasteiger partial charge in [-0.15, -0.1) is 0 Å². The number of halogens is 5. The first-order valence-electron chi connectivity index (χ1n) is 8.69. The maximum absolute atomic E-state index is 13.1. The van der Waals surface area contributed by atoms with Gasteiger partial charge in [0.2, 0.25) is 5.91 Å². The van der Waals surface area contributed by atoms with E-state index in [0.29, 0.717) is 28.6 Å². The molecule has 0 spiro atoms. The van der Waals surface area contributed by atoms with Crippen molar-refractivity contribution in [2.75, 3.05) is 5.32 Å². The Labute approximate surface area is 169 Å². The molecule has 148 valence electrons. The van der Waals surface area contributed by atoms with Gasteiger partial charge in [-0.3, -0.25) is 4.79 Å². The lowest BCUT2D eigenvalue weighted by atomic mass is 9.76. The summed E-state index contributed by atoms with van der Waals surface area (Å²) in [6.45, 7) is 0. The molecule has 0 unspecified atom stereocenters. The zero-order valence-electron chi connectivity index (χ0n) is 14.3. The van der Waals surface area contributed by atoms with E-state index in [2.05, 4.69) is 10.3 Å². The number of pyridine rings is 1. The highest BCUT2D eigenvalue weighted by molar-refractivity contribution is 6.42. The van der Waals surface area contributed by atoms with E-state index in [0.717, 1.165) is 6.07 Å². The highest BCUT2D eigenvalue weighted by Gasteiger charge is 2.53. The Morgan fingerprint density at radius 3 is 2.57 bits per heavy atom. The Balaban J connectivity index is 1.62. The van der Waals surface area contributed by atoms with E-state index in [1.807, 2.05) is 0 Å². The predicted octanol–water partition coefficient (Wildman–Crippen LogP) is 5.31. The van der Waals surface area contributed by atoms with Gasteiger partial charge in [0, 0.05) is 17.3 Å². The summed E-state index contributed by atoms with van der Waals surface area (Å²) in [6, 6.07) is 8.44. The number of fused-ring (bicyclic) bond motifs is 2. The van der Waals surface area contributed by atoms with Crippen molar-refractivity contribution in [2.45, 2.75) is 37.1 Å². The van der Waals surface area contributed by atoms with Crippen molar-refractivity contribution in [3.63, 3.8) is 0 Å². The van der Waals surface area contributed by atoms with Crippen LogP contribution in [0.25, 0.3) is 0 Å². The maximum atomic E-state index is 13.1. The number of anilines is 1. The van der Waals surface area contributed by atoms with Crippen molar-refractivity contribution in [3.05, 3.63) is 57.8 Å². The molecule has 0 radical (unpaired) electrons. The van der Waals surface area contributed by atoms with E-state index in [1.54, 1.807) is 12.1 Å². The lowest BCUT2D eigenvalue weighted by Crippen LogP contribution is -2.36. The van der Waals surface area contributed by atoms with E-state index in [4.69, 9.17) is 27.9 Å².